The summed E-state index contributed by atoms with van der Waals surface area (Å²) in [5.41, 5.74) is 0.323. The summed E-state index contributed by atoms with van der Waals surface area (Å²) in [6, 6.07) is 2.28. The summed E-state index contributed by atoms with van der Waals surface area (Å²) >= 11 is 2.92. The van der Waals surface area contributed by atoms with Gasteiger partial charge in [0, 0.05) is 12.1 Å². The monoisotopic (exact) mass is 235 g/mol. The van der Waals surface area contributed by atoms with Gasteiger partial charge in [-0.3, -0.25) is 0 Å². The minimum absolute atomic E-state index is 0.160. The van der Waals surface area contributed by atoms with Crippen LogP contribution in [0.25, 0.3) is 0 Å². The van der Waals surface area contributed by atoms with Crippen molar-refractivity contribution in [1.29, 1.82) is 0 Å². The highest BCUT2D eigenvalue weighted by molar-refractivity contribution is 9.10. The summed E-state index contributed by atoms with van der Waals surface area (Å²) in [5, 5.41) is 2.75. The third-order valence-corrected chi connectivity index (χ3v) is 2.01. The van der Waals surface area contributed by atoms with E-state index in [1.165, 1.54) is 6.07 Å². The molecule has 1 rings (SSSR count). The SMILES string of the molecule is CNCc1cc(F)cc(Br)c1F. The smallest absolute Gasteiger partial charge is 0.142 e. The molecule has 0 heterocycles. The summed E-state index contributed by atoms with van der Waals surface area (Å²) in [6.07, 6.45) is 0. The molecular weight excluding hydrogens is 228 g/mol. The highest BCUT2D eigenvalue weighted by Gasteiger charge is 2.07. The fraction of sp³-hybridized carbons (Fsp3) is 0.250. The lowest BCUT2D eigenvalue weighted by molar-refractivity contribution is 0.572. The molecule has 1 aromatic carbocycles. The molecule has 0 spiro atoms. The first-order valence-electron chi connectivity index (χ1n) is 3.43. The van der Waals surface area contributed by atoms with E-state index in [4.69, 9.17) is 0 Å². The predicted octanol–water partition coefficient (Wildman–Crippen LogP) is 2.45. The zero-order chi connectivity index (χ0) is 9.14. The minimum atomic E-state index is -0.437. The second kappa shape index (κ2) is 3.96. The number of halogens is 3. The van der Waals surface area contributed by atoms with Crippen molar-refractivity contribution in [1.82, 2.24) is 5.32 Å². The molecule has 0 saturated carbocycles. The average Bonchev–Trinajstić information content (AvgIpc) is 2.00. The van der Waals surface area contributed by atoms with E-state index in [9.17, 15) is 8.78 Å². The van der Waals surface area contributed by atoms with E-state index >= 15 is 0 Å². The van der Waals surface area contributed by atoms with Crippen LogP contribution in [0.15, 0.2) is 16.6 Å². The van der Waals surface area contributed by atoms with Crippen LogP contribution in [0.2, 0.25) is 0 Å². The summed E-state index contributed by atoms with van der Waals surface area (Å²) < 4.78 is 26.0. The number of nitrogens with one attached hydrogen (secondary N) is 1. The second-order valence-corrected chi connectivity index (χ2v) is 3.25. The van der Waals surface area contributed by atoms with Gasteiger partial charge in [-0.05, 0) is 35.1 Å². The topological polar surface area (TPSA) is 12.0 Å². The molecule has 0 aliphatic carbocycles. The Balaban J connectivity index is 3.09. The maximum atomic E-state index is 13.1. The molecule has 0 unspecified atom stereocenters. The molecule has 0 atom stereocenters. The second-order valence-electron chi connectivity index (χ2n) is 2.39. The molecule has 0 amide bonds. The van der Waals surface area contributed by atoms with E-state index in [0.29, 0.717) is 12.1 Å². The molecule has 12 heavy (non-hydrogen) atoms. The van der Waals surface area contributed by atoms with Gasteiger partial charge in [0.2, 0.25) is 0 Å². The van der Waals surface area contributed by atoms with Gasteiger partial charge in [-0.25, -0.2) is 8.78 Å². The van der Waals surface area contributed by atoms with Crippen LogP contribution in [0, 0.1) is 11.6 Å². The van der Waals surface area contributed by atoms with E-state index in [1.54, 1.807) is 7.05 Å². The molecule has 0 saturated heterocycles. The lowest BCUT2D eigenvalue weighted by atomic mass is 10.2. The predicted molar refractivity (Wildman–Crippen MR) is 46.8 cm³/mol. The van der Waals surface area contributed by atoms with Crippen molar-refractivity contribution in [2.75, 3.05) is 7.05 Å². The van der Waals surface area contributed by atoms with E-state index in [2.05, 4.69) is 21.2 Å². The van der Waals surface area contributed by atoms with Gasteiger partial charge in [0.25, 0.3) is 0 Å². The standard InChI is InChI=1S/C8H8BrF2N/c1-12-4-5-2-6(10)3-7(9)8(5)11/h2-3,12H,4H2,1H3. The van der Waals surface area contributed by atoms with E-state index in [-0.39, 0.29) is 4.47 Å². The first kappa shape index (κ1) is 9.61. The van der Waals surface area contributed by atoms with Crippen LogP contribution in [0.3, 0.4) is 0 Å². The maximum Gasteiger partial charge on any atom is 0.142 e. The van der Waals surface area contributed by atoms with E-state index in [1.807, 2.05) is 0 Å². The summed E-state index contributed by atoms with van der Waals surface area (Å²) in [5.74, 6) is -0.848. The summed E-state index contributed by atoms with van der Waals surface area (Å²) in [6.45, 7) is 0.322. The Morgan fingerprint density at radius 2 is 2.08 bits per heavy atom. The van der Waals surface area contributed by atoms with Gasteiger partial charge in [-0.1, -0.05) is 0 Å². The summed E-state index contributed by atoms with van der Waals surface area (Å²) in [4.78, 5) is 0. The van der Waals surface area contributed by atoms with Gasteiger partial charge in [0.05, 0.1) is 4.47 Å². The molecule has 0 bridgehead atoms. The van der Waals surface area contributed by atoms with Crippen molar-refractivity contribution in [3.05, 3.63) is 33.8 Å². The zero-order valence-corrected chi connectivity index (χ0v) is 8.08. The Kier molecular flexibility index (Phi) is 3.17. The zero-order valence-electron chi connectivity index (χ0n) is 6.50. The largest absolute Gasteiger partial charge is 0.316 e. The van der Waals surface area contributed by atoms with Crippen LogP contribution in [0.1, 0.15) is 5.56 Å². The lowest BCUT2D eigenvalue weighted by Crippen LogP contribution is -2.07. The van der Waals surface area contributed by atoms with Crippen molar-refractivity contribution >= 4 is 15.9 Å². The average molecular weight is 236 g/mol. The Hall–Kier alpha value is -0.480. The molecule has 1 aromatic rings. The van der Waals surface area contributed by atoms with Crippen LogP contribution in [-0.4, -0.2) is 7.05 Å². The van der Waals surface area contributed by atoms with Crippen molar-refractivity contribution in [3.63, 3.8) is 0 Å². The van der Waals surface area contributed by atoms with Crippen LogP contribution >= 0.6 is 15.9 Å². The minimum Gasteiger partial charge on any atom is -0.316 e. The first-order valence-corrected chi connectivity index (χ1v) is 4.22. The Morgan fingerprint density at radius 1 is 1.42 bits per heavy atom. The Morgan fingerprint density at radius 3 is 2.67 bits per heavy atom. The van der Waals surface area contributed by atoms with Crippen molar-refractivity contribution in [2.24, 2.45) is 0 Å². The quantitative estimate of drug-likeness (QED) is 0.777. The van der Waals surface area contributed by atoms with Crippen LogP contribution in [-0.2, 0) is 6.54 Å². The molecule has 0 fully saturated rings. The summed E-state index contributed by atoms with van der Waals surface area (Å²) in [7, 11) is 1.68. The van der Waals surface area contributed by atoms with Crippen molar-refractivity contribution < 1.29 is 8.78 Å². The molecule has 66 valence electrons. The van der Waals surface area contributed by atoms with Crippen LogP contribution in [0.4, 0.5) is 8.78 Å². The normalized spacial score (nSPS) is 10.3. The lowest BCUT2D eigenvalue weighted by Gasteiger charge is -2.03. The third kappa shape index (κ3) is 2.01. The molecule has 4 heteroatoms. The van der Waals surface area contributed by atoms with Gasteiger partial charge in [-0.2, -0.15) is 0 Å². The molecule has 0 aliphatic heterocycles. The van der Waals surface area contributed by atoms with E-state index in [0.717, 1.165) is 6.07 Å². The highest BCUT2D eigenvalue weighted by atomic mass is 79.9. The molecule has 1 nitrogen and oxygen atoms in total. The fourth-order valence-corrected chi connectivity index (χ4v) is 1.40. The molecule has 1 N–H and O–H groups in total. The van der Waals surface area contributed by atoms with Crippen molar-refractivity contribution in [2.45, 2.75) is 6.54 Å². The van der Waals surface area contributed by atoms with E-state index < -0.39 is 11.6 Å². The Bertz CT molecular complexity index is 289. The number of benzene rings is 1. The van der Waals surface area contributed by atoms with Gasteiger partial charge < -0.3 is 5.32 Å². The van der Waals surface area contributed by atoms with Gasteiger partial charge in [-0.15, -0.1) is 0 Å². The van der Waals surface area contributed by atoms with Gasteiger partial charge in [0.15, 0.2) is 0 Å². The Labute approximate surface area is 77.9 Å². The number of hydrogen-bond donors (Lipinski definition) is 1. The third-order valence-electron chi connectivity index (χ3n) is 1.44. The fourth-order valence-electron chi connectivity index (χ4n) is 0.928. The molecule has 0 aliphatic rings. The maximum absolute atomic E-state index is 13.1. The first-order chi connectivity index (χ1) is 5.65. The van der Waals surface area contributed by atoms with Gasteiger partial charge >= 0.3 is 0 Å². The molecule has 0 radical (unpaired) electrons. The highest BCUT2D eigenvalue weighted by Crippen LogP contribution is 2.20. The van der Waals surface area contributed by atoms with Crippen LogP contribution in [0.5, 0.6) is 0 Å². The van der Waals surface area contributed by atoms with Gasteiger partial charge in [0.1, 0.15) is 11.6 Å². The molecular formula is C8H8BrF2N. The van der Waals surface area contributed by atoms with Crippen molar-refractivity contribution in [3.8, 4) is 0 Å². The number of hydrogen-bond acceptors (Lipinski definition) is 1. The number of rotatable bonds is 2. The molecule has 0 aromatic heterocycles. The van der Waals surface area contributed by atoms with Crippen LogP contribution < -0.4 is 5.32 Å².